The average Bonchev–Trinajstić information content (AvgIpc) is 2.08. The third-order valence-corrected chi connectivity index (χ3v) is 2.59. The number of alkyl halides is 3. The molecule has 8 heteroatoms. The SMILES string of the molecule is Cc1ncc(I)c(C(=O)Cl)c1OC(F)(F)F. The van der Waals surface area contributed by atoms with Gasteiger partial charge in [0.2, 0.25) is 0 Å². The molecule has 0 aliphatic carbocycles. The number of hydrogen-bond acceptors (Lipinski definition) is 3. The molecule has 0 atom stereocenters. The molecule has 1 aromatic heterocycles. The quantitative estimate of drug-likeness (QED) is 0.596. The summed E-state index contributed by atoms with van der Waals surface area (Å²) in [5.74, 6) is -0.653. The van der Waals surface area contributed by atoms with Crippen LogP contribution in [0.1, 0.15) is 16.1 Å². The van der Waals surface area contributed by atoms with E-state index in [1.807, 2.05) is 0 Å². The van der Waals surface area contributed by atoms with Crippen LogP contribution in [0.2, 0.25) is 0 Å². The molecule has 3 nitrogen and oxygen atoms in total. The maximum atomic E-state index is 12.1. The third kappa shape index (κ3) is 3.21. The maximum absolute atomic E-state index is 12.1. The number of aromatic nitrogens is 1. The Bertz CT molecular complexity index is 436. The van der Waals surface area contributed by atoms with Crippen molar-refractivity contribution in [3.05, 3.63) is 21.0 Å². The van der Waals surface area contributed by atoms with Crippen LogP contribution in [0.5, 0.6) is 5.75 Å². The predicted octanol–water partition coefficient (Wildman–Crippen LogP) is 3.27. The van der Waals surface area contributed by atoms with Crippen molar-refractivity contribution in [3.63, 3.8) is 0 Å². The van der Waals surface area contributed by atoms with Crippen LogP contribution in [-0.4, -0.2) is 16.6 Å². The zero-order valence-corrected chi connectivity index (χ0v) is 10.6. The van der Waals surface area contributed by atoms with Crippen molar-refractivity contribution in [2.45, 2.75) is 13.3 Å². The second kappa shape index (κ2) is 4.74. The van der Waals surface area contributed by atoms with Gasteiger partial charge < -0.3 is 4.74 Å². The van der Waals surface area contributed by atoms with Gasteiger partial charge in [-0.25, -0.2) is 0 Å². The molecular weight excluding hydrogens is 361 g/mol. The molecule has 88 valence electrons. The number of carbonyl (C=O) groups excluding carboxylic acids is 1. The van der Waals surface area contributed by atoms with Crippen molar-refractivity contribution in [3.8, 4) is 5.75 Å². The van der Waals surface area contributed by atoms with Crippen LogP contribution in [0.25, 0.3) is 0 Å². The zero-order chi connectivity index (χ0) is 12.5. The van der Waals surface area contributed by atoms with E-state index in [0.29, 0.717) is 0 Å². The Morgan fingerprint density at radius 3 is 2.56 bits per heavy atom. The van der Waals surface area contributed by atoms with Crippen LogP contribution in [-0.2, 0) is 0 Å². The summed E-state index contributed by atoms with van der Waals surface area (Å²) in [7, 11) is 0. The van der Waals surface area contributed by atoms with Gasteiger partial charge in [0.15, 0.2) is 5.75 Å². The maximum Gasteiger partial charge on any atom is 0.573 e. The molecule has 0 aliphatic rings. The Kier molecular flexibility index (Phi) is 4.00. The molecule has 1 aromatic rings. The van der Waals surface area contributed by atoms with E-state index in [4.69, 9.17) is 11.6 Å². The topological polar surface area (TPSA) is 39.2 Å². The number of nitrogens with zero attached hydrogens (tertiary/aromatic N) is 1. The molecule has 1 rings (SSSR count). The summed E-state index contributed by atoms with van der Waals surface area (Å²) < 4.78 is 40.2. The lowest BCUT2D eigenvalue weighted by molar-refractivity contribution is -0.275. The summed E-state index contributed by atoms with van der Waals surface area (Å²) in [5, 5.41) is -1.02. The van der Waals surface area contributed by atoms with Crippen molar-refractivity contribution in [1.82, 2.24) is 4.98 Å². The van der Waals surface area contributed by atoms with Gasteiger partial charge in [0.05, 0.1) is 11.3 Å². The molecule has 0 radical (unpaired) electrons. The number of hydrogen-bond donors (Lipinski definition) is 0. The highest BCUT2D eigenvalue weighted by molar-refractivity contribution is 14.1. The molecule has 0 aromatic carbocycles. The van der Waals surface area contributed by atoms with Gasteiger partial charge in [-0.2, -0.15) is 0 Å². The molecule has 0 N–H and O–H groups in total. The zero-order valence-electron chi connectivity index (χ0n) is 7.73. The summed E-state index contributed by atoms with van der Waals surface area (Å²) in [4.78, 5) is 14.7. The Hall–Kier alpha value is -0.570. The van der Waals surface area contributed by atoms with Crippen LogP contribution in [0.3, 0.4) is 0 Å². The van der Waals surface area contributed by atoms with Gasteiger partial charge in [-0.1, -0.05) is 0 Å². The second-order valence-electron chi connectivity index (χ2n) is 2.72. The van der Waals surface area contributed by atoms with Crippen molar-refractivity contribution in [1.29, 1.82) is 0 Å². The molecule has 0 bridgehead atoms. The van der Waals surface area contributed by atoms with Crippen molar-refractivity contribution < 1.29 is 22.7 Å². The second-order valence-corrected chi connectivity index (χ2v) is 4.22. The lowest BCUT2D eigenvalue weighted by atomic mass is 10.2. The first-order valence-electron chi connectivity index (χ1n) is 3.83. The van der Waals surface area contributed by atoms with Crippen LogP contribution >= 0.6 is 34.2 Å². The third-order valence-electron chi connectivity index (χ3n) is 1.58. The molecule has 0 amide bonds. The van der Waals surface area contributed by atoms with Crippen molar-refractivity contribution in [2.24, 2.45) is 0 Å². The monoisotopic (exact) mass is 365 g/mol. The molecule has 0 saturated heterocycles. The van der Waals surface area contributed by atoms with Crippen LogP contribution in [0.4, 0.5) is 13.2 Å². The summed E-state index contributed by atoms with van der Waals surface area (Å²) in [5.41, 5.74) is -0.381. The van der Waals surface area contributed by atoms with Gasteiger partial charge in [-0.3, -0.25) is 9.78 Å². The van der Waals surface area contributed by atoms with E-state index in [-0.39, 0.29) is 14.8 Å². The van der Waals surface area contributed by atoms with Crippen molar-refractivity contribution in [2.75, 3.05) is 0 Å². The fraction of sp³-hybridized carbons (Fsp3) is 0.250. The van der Waals surface area contributed by atoms with E-state index in [0.717, 1.165) is 0 Å². The summed E-state index contributed by atoms with van der Waals surface area (Å²) in [6.07, 6.45) is -3.65. The van der Waals surface area contributed by atoms with E-state index in [1.54, 1.807) is 22.6 Å². The van der Waals surface area contributed by atoms with Crippen molar-refractivity contribution >= 4 is 39.4 Å². The largest absolute Gasteiger partial charge is 0.573 e. The Balaban J connectivity index is 3.35. The van der Waals surface area contributed by atoms with E-state index in [2.05, 4.69) is 9.72 Å². The first-order chi connectivity index (χ1) is 7.22. The Morgan fingerprint density at radius 1 is 1.56 bits per heavy atom. The minimum absolute atomic E-state index is 0.0539. The number of ether oxygens (including phenoxy) is 1. The van der Waals surface area contributed by atoms with Gasteiger partial charge in [-0.15, -0.1) is 13.2 Å². The van der Waals surface area contributed by atoms with Gasteiger partial charge in [0.1, 0.15) is 0 Å². The Labute approximate surface area is 107 Å². The van der Waals surface area contributed by atoms with E-state index < -0.39 is 17.4 Å². The first-order valence-corrected chi connectivity index (χ1v) is 5.28. The van der Waals surface area contributed by atoms with Gasteiger partial charge in [-0.05, 0) is 41.1 Å². The predicted molar refractivity (Wildman–Crippen MR) is 58.6 cm³/mol. The van der Waals surface area contributed by atoms with Crippen LogP contribution in [0.15, 0.2) is 6.20 Å². The summed E-state index contributed by atoms with van der Waals surface area (Å²) >= 11 is 6.85. The summed E-state index contributed by atoms with van der Waals surface area (Å²) in [6.45, 7) is 1.29. The molecule has 0 fully saturated rings. The highest BCUT2D eigenvalue weighted by Gasteiger charge is 2.34. The van der Waals surface area contributed by atoms with Gasteiger partial charge in [0, 0.05) is 9.77 Å². The molecule has 1 heterocycles. The molecule has 0 saturated carbocycles. The fourth-order valence-corrected chi connectivity index (χ4v) is 1.97. The Morgan fingerprint density at radius 2 is 2.12 bits per heavy atom. The number of halogens is 5. The van der Waals surface area contributed by atoms with Gasteiger partial charge in [0.25, 0.3) is 5.24 Å². The highest BCUT2D eigenvalue weighted by atomic mass is 127. The molecular formula is C8H4ClF3INO2. The summed E-state index contributed by atoms with van der Waals surface area (Å²) in [6, 6.07) is 0. The molecule has 0 aliphatic heterocycles. The lowest BCUT2D eigenvalue weighted by Crippen LogP contribution is -2.20. The van der Waals surface area contributed by atoms with E-state index in [1.165, 1.54) is 13.1 Å². The van der Waals surface area contributed by atoms with Crippen LogP contribution in [0, 0.1) is 10.5 Å². The highest BCUT2D eigenvalue weighted by Crippen LogP contribution is 2.32. The minimum atomic E-state index is -4.89. The number of pyridine rings is 1. The lowest BCUT2D eigenvalue weighted by Gasteiger charge is -2.13. The normalized spacial score (nSPS) is 11.4. The van der Waals surface area contributed by atoms with E-state index >= 15 is 0 Å². The molecule has 0 spiro atoms. The number of rotatable bonds is 2. The standard InChI is InChI=1S/C8H4ClF3INO2/c1-3-6(16-8(10,11)12)5(7(9)15)4(13)2-14-3/h2H,1H3. The number of aryl methyl sites for hydroxylation is 1. The smallest absolute Gasteiger partial charge is 0.403 e. The van der Waals surface area contributed by atoms with Crippen LogP contribution < -0.4 is 4.74 Å². The fourth-order valence-electron chi connectivity index (χ4n) is 0.990. The molecule has 0 unspecified atom stereocenters. The van der Waals surface area contributed by atoms with E-state index in [9.17, 15) is 18.0 Å². The number of carbonyl (C=O) groups is 1. The van der Waals surface area contributed by atoms with Gasteiger partial charge >= 0.3 is 6.36 Å². The molecule has 16 heavy (non-hydrogen) atoms. The average molecular weight is 365 g/mol. The minimum Gasteiger partial charge on any atom is -0.403 e. The first kappa shape index (κ1) is 13.5.